The van der Waals surface area contributed by atoms with Crippen LogP contribution in [0.1, 0.15) is 24.0 Å². The molecule has 4 heteroatoms. The fourth-order valence-electron chi connectivity index (χ4n) is 2.78. The van der Waals surface area contributed by atoms with E-state index in [0.29, 0.717) is 18.9 Å². The van der Waals surface area contributed by atoms with Crippen LogP contribution in [0.15, 0.2) is 18.2 Å². The zero-order chi connectivity index (χ0) is 15.2. The fourth-order valence-corrected chi connectivity index (χ4v) is 2.78. The number of rotatable bonds is 6. The zero-order valence-corrected chi connectivity index (χ0v) is 13.3. The van der Waals surface area contributed by atoms with Crippen LogP contribution in [-0.2, 0) is 4.79 Å². The lowest BCUT2D eigenvalue weighted by atomic mass is 10.1. The number of carbonyl (C=O) groups excluding carboxylic acids is 1. The molecule has 21 heavy (non-hydrogen) atoms. The number of hydrogen-bond donors (Lipinski definition) is 1. The summed E-state index contributed by atoms with van der Waals surface area (Å²) >= 11 is 0. The summed E-state index contributed by atoms with van der Waals surface area (Å²) in [6.45, 7) is 7.28. The molecule has 0 bridgehead atoms. The van der Waals surface area contributed by atoms with Crippen LogP contribution in [0, 0.1) is 19.8 Å². The van der Waals surface area contributed by atoms with Crippen LogP contribution in [-0.4, -0.2) is 44.1 Å². The molecule has 1 aliphatic heterocycles. The lowest BCUT2D eigenvalue weighted by molar-refractivity contribution is -0.130. The molecule has 0 radical (unpaired) electrons. The highest BCUT2D eigenvalue weighted by Crippen LogP contribution is 2.20. The second-order valence-electron chi connectivity index (χ2n) is 5.92. The summed E-state index contributed by atoms with van der Waals surface area (Å²) in [5.41, 5.74) is 2.29. The van der Waals surface area contributed by atoms with Crippen LogP contribution in [0.25, 0.3) is 0 Å². The Morgan fingerprint density at radius 2 is 2.24 bits per heavy atom. The topological polar surface area (TPSA) is 41.6 Å². The highest BCUT2D eigenvalue weighted by atomic mass is 16.5. The van der Waals surface area contributed by atoms with Gasteiger partial charge in [-0.3, -0.25) is 4.79 Å². The van der Waals surface area contributed by atoms with Crippen molar-refractivity contribution in [3.63, 3.8) is 0 Å². The number of nitrogens with zero attached hydrogens (tertiary/aromatic N) is 1. The third kappa shape index (κ3) is 4.46. The van der Waals surface area contributed by atoms with Gasteiger partial charge in [-0.2, -0.15) is 0 Å². The molecule has 1 fully saturated rings. The Hall–Kier alpha value is -1.55. The van der Waals surface area contributed by atoms with Crippen LogP contribution in [0.5, 0.6) is 5.75 Å². The van der Waals surface area contributed by atoms with E-state index in [1.54, 1.807) is 0 Å². The third-order valence-corrected chi connectivity index (χ3v) is 4.05. The molecule has 1 saturated heterocycles. The molecule has 0 aliphatic carbocycles. The van der Waals surface area contributed by atoms with Crippen LogP contribution in [0.2, 0.25) is 0 Å². The first-order chi connectivity index (χ1) is 10.1. The molecule has 0 unspecified atom stereocenters. The van der Waals surface area contributed by atoms with Crippen molar-refractivity contribution in [3.05, 3.63) is 29.3 Å². The molecule has 0 saturated carbocycles. The van der Waals surface area contributed by atoms with Gasteiger partial charge >= 0.3 is 0 Å². The molecule has 4 nitrogen and oxygen atoms in total. The number of carbonyl (C=O) groups is 1. The van der Waals surface area contributed by atoms with Gasteiger partial charge in [-0.05, 0) is 57.0 Å². The first-order valence-corrected chi connectivity index (χ1v) is 7.72. The van der Waals surface area contributed by atoms with Crippen LogP contribution < -0.4 is 10.1 Å². The molecule has 116 valence electrons. The van der Waals surface area contributed by atoms with Gasteiger partial charge in [0, 0.05) is 13.1 Å². The van der Waals surface area contributed by atoms with E-state index < -0.39 is 0 Å². The van der Waals surface area contributed by atoms with Crippen molar-refractivity contribution in [1.82, 2.24) is 10.2 Å². The predicted molar refractivity (Wildman–Crippen MR) is 84.6 cm³/mol. The number of hydrogen-bond acceptors (Lipinski definition) is 3. The molecule has 1 aliphatic rings. The average molecular weight is 290 g/mol. The Balaban J connectivity index is 1.76. The molecule has 1 N–H and O–H groups in total. The van der Waals surface area contributed by atoms with Gasteiger partial charge in [0.25, 0.3) is 0 Å². The molecule has 0 aromatic heterocycles. The van der Waals surface area contributed by atoms with Gasteiger partial charge in [0.05, 0.1) is 13.0 Å². The van der Waals surface area contributed by atoms with E-state index in [2.05, 4.69) is 17.4 Å². The van der Waals surface area contributed by atoms with Crippen molar-refractivity contribution in [2.24, 2.45) is 5.92 Å². The number of amides is 1. The Labute approximate surface area is 127 Å². The first kappa shape index (κ1) is 15.8. The summed E-state index contributed by atoms with van der Waals surface area (Å²) in [5.74, 6) is 1.69. The summed E-state index contributed by atoms with van der Waals surface area (Å²) < 4.78 is 5.76. The minimum absolute atomic E-state index is 0.207. The molecular formula is C17H26N2O2. The Bertz CT molecular complexity index is 488. The Morgan fingerprint density at radius 3 is 3.00 bits per heavy atom. The molecule has 1 aromatic carbocycles. The maximum atomic E-state index is 12.2. The van der Waals surface area contributed by atoms with E-state index in [-0.39, 0.29) is 5.91 Å². The summed E-state index contributed by atoms with van der Waals surface area (Å²) in [6.07, 6.45) is 1.56. The van der Waals surface area contributed by atoms with E-state index in [4.69, 9.17) is 4.74 Å². The molecule has 1 amide bonds. The quantitative estimate of drug-likeness (QED) is 0.873. The Morgan fingerprint density at radius 1 is 1.43 bits per heavy atom. The molecule has 0 spiro atoms. The van der Waals surface area contributed by atoms with Gasteiger partial charge in [-0.15, -0.1) is 0 Å². The largest absolute Gasteiger partial charge is 0.493 e. The van der Waals surface area contributed by atoms with Crippen molar-refractivity contribution in [2.45, 2.75) is 26.7 Å². The molecule has 1 heterocycles. The molecule has 2 rings (SSSR count). The number of ether oxygens (including phenoxy) is 1. The standard InChI is InChI=1S/C17H26N2O2/c1-13-4-5-14(2)16(10-13)21-9-7-17(20)19-8-6-15(12-19)11-18-3/h4-5,10,15,18H,6-9,11-12H2,1-3H3/t15-/m1/s1. The van der Waals surface area contributed by atoms with E-state index in [1.807, 2.05) is 31.9 Å². The molecule has 1 aromatic rings. The summed E-state index contributed by atoms with van der Waals surface area (Å²) in [4.78, 5) is 14.1. The van der Waals surface area contributed by atoms with Crippen molar-refractivity contribution in [1.29, 1.82) is 0 Å². The number of likely N-dealkylation sites (tertiary alicyclic amines) is 1. The highest BCUT2D eigenvalue weighted by molar-refractivity contribution is 5.76. The lowest BCUT2D eigenvalue weighted by Gasteiger charge is -2.17. The SMILES string of the molecule is CNC[C@H]1CCN(C(=O)CCOc2cc(C)ccc2C)C1. The van der Waals surface area contributed by atoms with E-state index in [9.17, 15) is 4.79 Å². The van der Waals surface area contributed by atoms with Gasteiger partial charge in [0.15, 0.2) is 0 Å². The molecular weight excluding hydrogens is 264 g/mol. The second-order valence-corrected chi connectivity index (χ2v) is 5.92. The van der Waals surface area contributed by atoms with Crippen molar-refractivity contribution >= 4 is 5.91 Å². The molecule has 1 atom stereocenters. The smallest absolute Gasteiger partial charge is 0.226 e. The number of aryl methyl sites for hydroxylation is 2. The van der Waals surface area contributed by atoms with Gasteiger partial charge < -0.3 is 15.0 Å². The second kappa shape index (κ2) is 7.46. The fraction of sp³-hybridized carbons (Fsp3) is 0.588. The van der Waals surface area contributed by atoms with Gasteiger partial charge in [0.1, 0.15) is 5.75 Å². The summed E-state index contributed by atoms with van der Waals surface area (Å²) in [7, 11) is 1.96. The first-order valence-electron chi connectivity index (χ1n) is 7.72. The van der Waals surface area contributed by atoms with Gasteiger partial charge in [-0.25, -0.2) is 0 Å². The average Bonchev–Trinajstić information content (AvgIpc) is 2.92. The maximum Gasteiger partial charge on any atom is 0.226 e. The maximum absolute atomic E-state index is 12.2. The van der Waals surface area contributed by atoms with Crippen molar-refractivity contribution in [2.75, 3.05) is 33.3 Å². The van der Waals surface area contributed by atoms with E-state index in [0.717, 1.165) is 37.4 Å². The Kier molecular flexibility index (Phi) is 5.62. The monoisotopic (exact) mass is 290 g/mol. The van der Waals surface area contributed by atoms with Crippen molar-refractivity contribution in [3.8, 4) is 5.75 Å². The predicted octanol–water partition coefficient (Wildman–Crippen LogP) is 2.14. The van der Waals surface area contributed by atoms with E-state index >= 15 is 0 Å². The lowest BCUT2D eigenvalue weighted by Crippen LogP contribution is -2.31. The summed E-state index contributed by atoms with van der Waals surface area (Å²) in [5, 5.41) is 3.18. The zero-order valence-electron chi connectivity index (χ0n) is 13.3. The van der Waals surface area contributed by atoms with Crippen LogP contribution >= 0.6 is 0 Å². The number of benzene rings is 1. The highest BCUT2D eigenvalue weighted by Gasteiger charge is 2.25. The number of nitrogens with one attached hydrogen (secondary N) is 1. The normalized spacial score (nSPS) is 18.0. The minimum Gasteiger partial charge on any atom is -0.493 e. The van der Waals surface area contributed by atoms with Crippen molar-refractivity contribution < 1.29 is 9.53 Å². The summed E-state index contributed by atoms with van der Waals surface area (Å²) in [6, 6.07) is 6.15. The van der Waals surface area contributed by atoms with E-state index in [1.165, 1.54) is 5.56 Å². The van der Waals surface area contributed by atoms with Gasteiger partial charge in [-0.1, -0.05) is 12.1 Å². The third-order valence-electron chi connectivity index (χ3n) is 4.05. The minimum atomic E-state index is 0.207. The van der Waals surface area contributed by atoms with Crippen LogP contribution in [0.4, 0.5) is 0 Å². The van der Waals surface area contributed by atoms with Crippen LogP contribution in [0.3, 0.4) is 0 Å². The van der Waals surface area contributed by atoms with Gasteiger partial charge in [0.2, 0.25) is 5.91 Å².